The van der Waals surface area contributed by atoms with E-state index in [-0.39, 0.29) is 7.43 Å². The molecule has 1 radical (unpaired) electrons. The number of fused-ring (bicyclic) bond motifs is 6. The van der Waals surface area contributed by atoms with E-state index in [0.717, 1.165) is 156 Å². The maximum atomic E-state index is 4.92. The number of aromatic nitrogens is 19. The number of benzene rings is 11. The normalized spacial score (nSPS) is 10.7. The molecule has 0 amide bonds. The zero-order valence-corrected chi connectivity index (χ0v) is 79.5. The summed E-state index contributed by atoms with van der Waals surface area (Å²) >= 11 is 0. The van der Waals surface area contributed by atoms with Crippen LogP contribution >= 0.6 is 9.12 Å². The molecule has 0 fully saturated rings. The molecule has 21 heteroatoms. The Kier molecular flexibility index (Phi) is 29.7. The van der Waals surface area contributed by atoms with Crippen LogP contribution in [0.2, 0.25) is 6.82 Å². The van der Waals surface area contributed by atoms with Gasteiger partial charge in [0.25, 0.3) is 0 Å². The third-order valence-corrected chi connectivity index (χ3v) is 23.5. The van der Waals surface area contributed by atoms with Gasteiger partial charge in [0.15, 0.2) is 17.5 Å². The Morgan fingerprint density at radius 1 is 0.232 bits per heavy atom. The van der Waals surface area contributed by atoms with Crippen molar-refractivity contribution in [2.24, 2.45) is 0 Å². The number of pyridine rings is 8. The van der Waals surface area contributed by atoms with Crippen LogP contribution in [0.3, 0.4) is 0 Å². The molecule has 24 rings (SSSR count). The van der Waals surface area contributed by atoms with Gasteiger partial charge in [-0.2, -0.15) is 24.4 Å². The second kappa shape index (κ2) is 44.8. The molecule has 1 unspecified atom stereocenters. The van der Waals surface area contributed by atoms with Crippen LogP contribution in [0.1, 0.15) is 38.5 Å². The Balaban J connectivity index is 0.000000125. The van der Waals surface area contributed by atoms with Crippen LogP contribution in [0.4, 0.5) is 0 Å². The lowest BCUT2D eigenvalue weighted by Crippen LogP contribution is -2.02. The van der Waals surface area contributed by atoms with E-state index >= 15 is 0 Å². The van der Waals surface area contributed by atoms with Gasteiger partial charge in [-0.25, -0.2) is 39.0 Å². The Morgan fingerprint density at radius 3 is 0.803 bits per heavy atom. The lowest BCUT2D eigenvalue weighted by Gasteiger charge is -2.13. The fourth-order valence-electron chi connectivity index (χ4n) is 17.1. The van der Waals surface area contributed by atoms with Crippen LogP contribution in [0, 0.1) is 20.8 Å². The first-order chi connectivity index (χ1) is 69.5. The molecular formula is C121H98BN19P. The first-order valence-electron chi connectivity index (χ1n) is 46.5. The number of aryl methyl sites for hydroxylation is 3. The summed E-state index contributed by atoms with van der Waals surface area (Å²) in [5.41, 5.74) is 32.8. The summed E-state index contributed by atoms with van der Waals surface area (Å²) in [6, 6.07) is 120. The van der Waals surface area contributed by atoms with Gasteiger partial charge in [0.2, 0.25) is 0 Å². The Hall–Kier alpha value is -18.1. The van der Waals surface area contributed by atoms with E-state index in [0.29, 0.717) is 23.3 Å². The van der Waals surface area contributed by atoms with Crippen molar-refractivity contribution in [3.8, 4) is 163 Å². The largest absolute Gasteiger partial charge is 0.264 e. The molecule has 685 valence electrons. The van der Waals surface area contributed by atoms with Crippen molar-refractivity contribution in [3.63, 3.8) is 0 Å². The molecule has 0 aliphatic heterocycles. The van der Waals surface area contributed by atoms with Gasteiger partial charge in [-0.3, -0.25) is 39.9 Å². The zero-order chi connectivity index (χ0) is 96.2. The van der Waals surface area contributed by atoms with E-state index in [9.17, 15) is 0 Å². The lowest BCUT2D eigenvalue weighted by molar-refractivity contribution is 0.879. The van der Waals surface area contributed by atoms with Gasteiger partial charge in [0.1, 0.15) is 12.8 Å². The minimum Gasteiger partial charge on any atom is -0.264 e. The molecule has 11 aromatic carbocycles. The van der Waals surface area contributed by atoms with Crippen molar-refractivity contribution < 1.29 is 0 Å². The summed E-state index contributed by atoms with van der Waals surface area (Å²) in [5, 5.41) is 17.6. The molecule has 13 heterocycles. The zero-order valence-electron chi connectivity index (χ0n) is 78.4. The highest BCUT2D eigenvalue weighted by atomic mass is 31.0. The van der Waals surface area contributed by atoms with Gasteiger partial charge in [-0.1, -0.05) is 234 Å². The van der Waals surface area contributed by atoms with Gasteiger partial charge in [-0.05, 0) is 233 Å². The number of hydrogen-bond donors (Lipinski definition) is 0. The van der Waals surface area contributed by atoms with E-state index in [1.165, 1.54) is 44.5 Å². The van der Waals surface area contributed by atoms with Crippen LogP contribution in [0.15, 0.2) is 451 Å². The Labute approximate surface area is 828 Å². The summed E-state index contributed by atoms with van der Waals surface area (Å²) in [4.78, 5) is 61.1. The second-order valence-electron chi connectivity index (χ2n) is 32.9. The van der Waals surface area contributed by atoms with Crippen molar-refractivity contribution in [2.45, 2.75) is 48.9 Å². The van der Waals surface area contributed by atoms with Crippen LogP contribution in [0.25, 0.3) is 206 Å². The van der Waals surface area contributed by atoms with Gasteiger partial charge in [0, 0.05) is 182 Å². The Bertz CT molecular complexity index is 7680. The van der Waals surface area contributed by atoms with Crippen molar-refractivity contribution in [3.05, 3.63) is 468 Å². The monoisotopic (exact) mass is 1860 g/mol. The summed E-state index contributed by atoms with van der Waals surface area (Å²) in [7, 11) is 2.45. The number of hydrogen-bond acceptors (Lipinski definition) is 16. The van der Waals surface area contributed by atoms with Crippen LogP contribution < -0.4 is 0 Å². The van der Waals surface area contributed by atoms with Gasteiger partial charge in [0.05, 0.1) is 50.5 Å². The summed E-state index contributed by atoms with van der Waals surface area (Å²) in [5.74, 6) is 2.39. The minimum absolute atomic E-state index is 0. The van der Waals surface area contributed by atoms with E-state index in [2.05, 4.69) is 280 Å². The maximum absolute atomic E-state index is 4.92. The molecule has 0 aliphatic carbocycles. The average Bonchev–Trinajstić information content (AvgIpc) is 1.01. The Morgan fingerprint density at radius 2 is 0.514 bits per heavy atom. The fourth-order valence-corrected chi connectivity index (χ4v) is 17.1. The van der Waals surface area contributed by atoms with Crippen LogP contribution in [-0.2, 0) is 0 Å². The molecular weight excluding hydrogens is 1760 g/mol. The molecule has 13 aromatic heterocycles. The van der Waals surface area contributed by atoms with E-state index in [4.69, 9.17) is 34.9 Å². The van der Waals surface area contributed by atoms with Crippen molar-refractivity contribution in [1.29, 1.82) is 0 Å². The van der Waals surface area contributed by atoms with Crippen molar-refractivity contribution in [1.82, 2.24) is 94.1 Å². The highest BCUT2D eigenvalue weighted by Gasteiger charge is 2.21. The minimum atomic E-state index is 0. The predicted molar refractivity (Wildman–Crippen MR) is 583 cm³/mol. The third-order valence-electron chi connectivity index (χ3n) is 23.5. The smallest absolute Gasteiger partial charge is 0.164 e. The van der Waals surface area contributed by atoms with Gasteiger partial charge < -0.3 is 0 Å². The summed E-state index contributed by atoms with van der Waals surface area (Å²) in [6.07, 6.45) is 29.4. The molecule has 0 N–H and O–H groups in total. The van der Waals surface area contributed by atoms with Crippen molar-refractivity contribution in [2.75, 3.05) is 0 Å². The average molecular weight is 1860 g/mol. The highest BCUT2D eigenvalue weighted by molar-refractivity contribution is 7.55. The molecule has 1 atom stereocenters. The van der Waals surface area contributed by atoms with E-state index in [1.54, 1.807) is 43.4 Å². The molecule has 0 saturated heterocycles. The topological polar surface area (TPSA) is 221 Å². The first-order valence-corrected chi connectivity index (χ1v) is 47.2. The molecule has 0 saturated carbocycles. The first kappa shape index (κ1) is 94.2. The van der Waals surface area contributed by atoms with Gasteiger partial charge >= 0.3 is 0 Å². The molecule has 0 aliphatic rings. The summed E-state index contributed by atoms with van der Waals surface area (Å²) < 4.78 is 5.44. The number of nitrogens with zero attached hydrogens (tertiary/aromatic N) is 19. The fraction of sp³-hybridized carbons (Fsp3) is 0.0579. The lowest BCUT2D eigenvalue weighted by atomic mass is 9.94. The molecule has 0 spiro atoms. The molecule has 142 heavy (non-hydrogen) atoms. The standard InChI is InChI=1S/C37H26N6.C30H21N9.C26H20N2.C24H16N2.C2H6.CH5BP.CH4/c1-25-42-36(34-16-30(26-6-2-10-38-21-26)14-31(17-34)27-7-3-11-39-22-27)20-37(43-25)35-18-32(28-8-4-12-40-23-28)15-33(19-35)29-9-5-13-41-24-29;1-7-22(19-25(10-1)37-16-4-13-31-37)28-34-29(23-8-2-11-26(20-23)38-17-5-14-32-38)36-30(35-28)24-9-3-12-27(21-24)39-18-6-15-33-39;1-17-15-23(19-9-5-3-6-10-19)21-13-14-22-24(20-11-7-4-8-12-20)16-18(2)28-26(22)25(21)27-17;1-3-7-17(8-4-1)19-13-15-25-23-21(19)11-12-22-20(14-16-26-24(22)23)18-9-5-2-6-10-18;1-2;1-2-3;/h2-24H,1H3;1-21H;3-16H,1-2H3;1-16H;1-2H3;3H2,1H3;1H4. The molecule has 24 aromatic rings. The molecule has 19 nitrogen and oxygen atoms in total. The maximum Gasteiger partial charge on any atom is 0.164 e. The van der Waals surface area contributed by atoms with E-state index < -0.39 is 0 Å². The predicted octanol–water partition coefficient (Wildman–Crippen LogP) is 28.8. The highest BCUT2D eigenvalue weighted by Crippen LogP contribution is 2.42. The second-order valence-corrected chi connectivity index (χ2v) is 33.6. The van der Waals surface area contributed by atoms with Crippen molar-refractivity contribution >= 4 is 59.7 Å². The van der Waals surface area contributed by atoms with Crippen LogP contribution in [-0.4, -0.2) is 101 Å². The SMILES string of the molecule is C.CC.C[B]P.Cc1cc(-c2ccccc2)c2ccc3c(-c4ccccc4)cc(C)nc3c2n1.Cc1nc(-c2cc(-c3cccnc3)cc(-c3cccnc3)c2)cc(-c2cc(-c3cccnc3)cc(-c3cccnc3)c2)n1.c1cc(-c2nc(-c3cccc(-n4cccn4)c3)nc(-c3cccc(-n4cccn4)c3)n2)cc(-n2cccn2)c1.c1ccc(-c2ccnc3c2ccc2c(-c4ccccc4)ccnc23)cc1. The third kappa shape index (κ3) is 21.6. The van der Waals surface area contributed by atoms with Gasteiger partial charge in [-0.15, -0.1) is 0 Å². The number of rotatable bonds is 16. The van der Waals surface area contributed by atoms with E-state index in [1.807, 2.05) is 244 Å². The van der Waals surface area contributed by atoms with Crippen LogP contribution in [0.5, 0.6) is 0 Å². The summed E-state index contributed by atoms with van der Waals surface area (Å²) in [6.45, 7) is 13.9. The quantitative estimate of drug-likeness (QED) is 0.0498. The molecule has 0 bridgehead atoms.